The van der Waals surface area contributed by atoms with E-state index in [1.807, 2.05) is 24.6 Å². The third kappa shape index (κ3) is 5.43. The third-order valence-electron chi connectivity index (χ3n) is 4.15. The van der Waals surface area contributed by atoms with Crippen LogP contribution in [0.4, 0.5) is 0 Å². The maximum absolute atomic E-state index is 12.8. The number of hydrogen-bond acceptors (Lipinski definition) is 4. The summed E-state index contributed by atoms with van der Waals surface area (Å²) in [6.07, 6.45) is 2.05. The van der Waals surface area contributed by atoms with Crippen LogP contribution >= 0.6 is 22.9 Å². The molecule has 2 rings (SSSR count). The van der Waals surface area contributed by atoms with Crippen LogP contribution in [0.1, 0.15) is 49.9 Å². The highest BCUT2D eigenvalue weighted by atomic mass is 35.5. The van der Waals surface area contributed by atoms with E-state index in [0.29, 0.717) is 27.7 Å². The van der Waals surface area contributed by atoms with Gasteiger partial charge in [0.15, 0.2) is 4.80 Å². The zero-order chi connectivity index (χ0) is 20.4. The molecule has 0 atom stereocenters. The normalized spacial score (nSPS) is 13.1. The number of rotatable bonds is 5. The van der Waals surface area contributed by atoms with E-state index in [9.17, 15) is 4.79 Å². The number of aromatic nitrogens is 1. The van der Waals surface area contributed by atoms with Gasteiger partial charge in [-0.15, -0.1) is 11.3 Å². The number of halogens is 1. The SMILES string of the molecule is COc1ccc(Cl)cc1C(=O)N=c1sc(C(C)(C)C)cn1CC(C)(C)OC. The average Bonchev–Trinajstić information content (AvgIpc) is 2.97. The zero-order valence-corrected chi connectivity index (χ0v) is 18.5. The van der Waals surface area contributed by atoms with Gasteiger partial charge in [-0.25, -0.2) is 0 Å². The molecule has 1 aromatic carbocycles. The van der Waals surface area contributed by atoms with E-state index in [1.54, 1.807) is 25.3 Å². The molecule has 0 aliphatic rings. The first-order valence-corrected chi connectivity index (χ1v) is 9.85. The van der Waals surface area contributed by atoms with Crippen LogP contribution in [0.15, 0.2) is 29.4 Å². The molecule has 7 heteroatoms. The maximum Gasteiger partial charge on any atom is 0.283 e. The van der Waals surface area contributed by atoms with E-state index >= 15 is 0 Å². The first-order chi connectivity index (χ1) is 12.5. The Bertz CT molecular complexity index is 891. The lowest BCUT2D eigenvalue weighted by molar-refractivity contribution is 0.00749. The van der Waals surface area contributed by atoms with Crippen molar-refractivity contribution in [3.8, 4) is 5.75 Å². The summed E-state index contributed by atoms with van der Waals surface area (Å²) in [6.45, 7) is 11.0. The molecular weight excluding hydrogens is 384 g/mol. The highest BCUT2D eigenvalue weighted by Gasteiger charge is 2.23. The third-order valence-corrected chi connectivity index (χ3v) is 5.83. The highest BCUT2D eigenvalue weighted by Crippen LogP contribution is 2.26. The van der Waals surface area contributed by atoms with Gasteiger partial charge in [-0.2, -0.15) is 4.99 Å². The van der Waals surface area contributed by atoms with Gasteiger partial charge in [0.25, 0.3) is 5.91 Å². The van der Waals surface area contributed by atoms with Crippen molar-refractivity contribution in [1.29, 1.82) is 0 Å². The Morgan fingerprint density at radius 2 is 1.89 bits per heavy atom. The average molecular weight is 411 g/mol. The molecule has 2 aromatic rings. The molecule has 0 unspecified atom stereocenters. The van der Waals surface area contributed by atoms with Gasteiger partial charge >= 0.3 is 0 Å². The van der Waals surface area contributed by atoms with Crippen molar-refractivity contribution >= 4 is 28.8 Å². The number of benzene rings is 1. The Hall–Kier alpha value is -1.63. The molecule has 1 aromatic heterocycles. The van der Waals surface area contributed by atoms with E-state index in [0.717, 1.165) is 4.88 Å². The second-order valence-corrected chi connectivity index (χ2v) is 9.43. The maximum atomic E-state index is 12.8. The quantitative estimate of drug-likeness (QED) is 0.719. The van der Waals surface area contributed by atoms with Crippen LogP contribution in [-0.2, 0) is 16.7 Å². The largest absolute Gasteiger partial charge is 0.496 e. The van der Waals surface area contributed by atoms with Crippen molar-refractivity contribution in [3.05, 3.63) is 44.7 Å². The number of carbonyl (C=O) groups excluding carboxylic acids is 1. The molecule has 1 amide bonds. The first-order valence-electron chi connectivity index (χ1n) is 8.65. The Kier molecular flexibility index (Phi) is 6.55. The summed E-state index contributed by atoms with van der Waals surface area (Å²) >= 11 is 7.56. The van der Waals surface area contributed by atoms with Crippen LogP contribution in [0.5, 0.6) is 5.75 Å². The van der Waals surface area contributed by atoms with Gasteiger partial charge in [-0.05, 0) is 37.5 Å². The lowest BCUT2D eigenvalue weighted by Gasteiger charge is -2.23. The van der Waals surface area contributed by atoms with Crippen molar-refractivity contribution in [1.82, 2.24) is 4.57 Å². The molecule has 0 fully saturated rings. The fraction of sp³-hybridized carbons (Fsp3) is 0.500. The van der Waals surface area contributed by atoms with E-state index < -0.39 is 0 Å². The lowest BCUT2D eigenvalue weighted by Crippen LogP contribution is -2.33. The molecule has 0 aliphatic carbocycles. The molecule has 0 saturated heterocycles. The predicted molar refractivity (Wildman–Crippen MR) is 110 cm³/mol. The fourth-order valence-corrected chi connectivity index (χ4v) is 3.61. The van der Waals surface area contributed by atoms with E-state index in [-0.39, 0.29) is 16.9 Å². The van der Waals surface area contributed by atoms with Gasteiger partial charge < -0.3 is 14.0 Å². The Balaban J connectivity index is 2.57. The van der Waals surface area contributed by atoms with Crippen molar-refractivity contribution in [2.24, 2.45) is 4.99 Å². The van der Waals surface area contributed by atoms with Crippen LogP contribution in [-0.4, -0.2) is 30.3 Å². The van der Waals surface area contributed by atoms with Gasteiger partial charge in [-0.3, -0.25) is 4.79 Å². The van der Waals surface area contributed by atoms with Crippen molar-refractivity contribution in [3.63, 3.8) is 0 Å². The Morgan fingerprint density at radius 1 is 1.22 bits per heavy atom. The van der Waals surface area contributed by atoms with Crippen molar-refractivity contribution in [2.75, 3.05) is 14.2 Å². The minimum absolute atomic E-state index is 0.0474. The number of thiazole rings is 1. The second kappa shape index (κ2) is 8.17. The van der Waals surface area contributed by atoms with Crippen molar-refractivity contribution < 1.29 is 14.3 Å². The molecule has 0 radical (unpaired) electrons. The molecule has 0 bridgehead atoms. The van der Waals surface area contributed by atoms with Gasteiger partial charge in [0.2, 0.25) is 0 Å². The molecule has 5 nitrogen and oxygen atoms in total. The van der Waals surface area contributed by atoms with E-state index in [1.165, 1.54) is 18.4 Å². The van der Waals surface area contributed by atoms with Gasteiger partial charge in [0.1, 0.15) is 5.75 Å². The second-order valence-electron chi connectivity index (χ2n) is 7.98. The number of carbonyl (C=O) groups is 1. The van der Waals surface area contributed by atoms with Crippen LogP contribution in [0.3, 0.4) is 0 Å². The molecule has 148 valence electrons. The smallest absolute Gasteiger partial charge is 0.283 e. The highest BCUT2D eigenvalue weighted by molar-refractivity contribution is 7.09. The van der Waals surface area contributed by atoms with Crippen LogP contribution in [0.25, 0.3) is 0 Å². The van der Waals surface area contributed by atoms with Crippen LogP contribution < -0.4 is 9.54 Å². The molecule has 1 heterocycles. The predicted octanol–water partition coefficient (Wildman–Crippen LogP) is 4.68. The molecule has 27 heavy (non-hydrogen) atoms. The molecular formula is C20H27ClN2O3S. The number of hydrogen-bond donors (Lipinski definition) is 0. The summed E-state index contributed by atoms with van der Waals surface area (Å²) in [4.78, 5) is 19.0. The van der Waals surface area contributed by atoms with Crippen molar-refractivity contribution in [2.45, 2.75) is 52.2 Å². The number of methoxy groups -OCH3 is 2. The summed E-state index contributed by atoms with van der Waals surface area (Å²) in [5.41, 5.74) is -0.0934. The molecule has 0 spiro atoms. The first kappa shape index (κ1) is 21.7. The summed E-state index contributed by atoms with van der Waals surface area (Å²) in [5, 5.41) is 0.462. The summed E-state index contributed by atoms with van der Waals surface area (Å²) in [5.74, 6) is 0.0603. The fourth-order valence-electron chi connectivity index (χ4n) is 2.40. The molecule has 0 aliphatic heterocycles. The Labute approximate surface area is 169 Å². The topological polar surface area (TPSA) is 52.8 Å². The van der Waals surface area contributed by atoms with Gasteiger partial charge in [0, 0.05) is 23.2 Å². The summed E-state index contributed by atoms with van der Waals surface area (Å²) < 4.78 is 12.8. The van der Waals surface area contributed by atoms with Crippen LogP contribution in [0, 0.1) is 0 Å². The summed E-state index contributed by atoms with van der Waals surface area (Å²) in [7, 11) is 3.19. The zero-order valence-electron chi connectivity index (χ0n) is 16.9. The minimum atomic E-state index is -0.388. The van der Waals surface area contributed by atoms with Crippen LogP contribution in [0.2, 0.25) is 5.02 Å². The number of nitrogens with zero attached hydrogens (tertiary/aromatic N) is 2. The molecule has 0 saturated carbocycles. The van der Waals surface area contributed by atoms with Gasteiger partial charge in [-0.1, -0.05) is 32.4 Å². The molecule has 0 N–H and O–H groups in total. The van der Waals surface area contributed by atoms with E-state index in [2.05, 4.69) is 25.8 Å². The minimum Gasteiger partial charge on any atom is -0.496 e. The monoisotopic (exact) mass is 410 g/mol. The standard InChI is InChI=1S/C20H27ClN2O3S/c1-19(2,3)16-11-23(12-20(4,5)26-7)18(27-16)22-17(24)14-10-13(21)8-9-15(14)25-6/h8-11H,12H2,1-7H3. The lowest BCUT2D eigenvalue weighted by atomic mass is 9.95. The Morgan fingerprint density at radius 3 is 2.44 bits per heavy atom. The summed E-state index contributed by atoms with van der Waals surface area (Å²) in [6, 6.07) is 4.93. The van der Waals surface area contributed by atoms with E-state index in [4.69, 9.17) is 21.1 Å². The number of ether oxygens (including phenoxy) is 2. The number of amides is 1. The van der Waals surface area contributed by atoms with Gasteiger partial charge in [0.05, 0.1) is 24.8 Å².